The Hall–Kier alpha value is -3.19. The van der Waals surface area contributed by atoms with E-state index in [0.717, 1.165) is 4.47 Å². The van der Waals surface area contributed by atoms with Crippen LogP contribution in [0.5, 0.6) is 11.5 Å². The lowest BCUT2D eigenvalue weighted by atomic mass is 10.2. The molecule has 2 amide bonds. The van der Waals surface area contributed by atoms with E-state index in [1.165, 1.54) is 6.20 Å². The van der Waals surface area contributed by atoms with Crippen LogP contribution >= 0.6 is 15.9 Å². The van der Waals surface area contributed by atoms with Crippen LogP contribution in [0, 0.1) is 0 Å². The SMILES string of the molecule is O=C(NNC(=O)c1ccccc1Oc1cccc(Br)c1)c1cccnc1. The van der Waals surface area contributed by atoms with Gasteiger partial charge in [0.25, 0.3) is 11.8 Å². The number of ether oxygens (including phenoxy) is 1. The molecule has 0 spiro atoms. The molecule has 0 aliphatic heterocycles. The minimum atomic E-state index is -0.493. The first-order chi connectivity index (χ1) is 12.6. The van der Waals surface area contributed by atoms with E-state index in [9.17, 15) is 9.59 Å². The van der Waals surface area contributed by atoms with Crippen LogP contribution in [-0.4, -0.2) is 16.8 Å². The molecule has 0 saturated carbocycles. The smallest absolute Gasteiger partial charge is 0.273 e. The number of rotatable bonds is 4. The van der Waals surface area contributed by atoms with E-state index in [0.29, 0.717) is 22.6 Å². The molecule has 0 fully saturated rings. The van der Waals surface area contributed by atoms with Gasteiger partial charge in [0, 0.05) is 16.9 Å². The molecule has 7 heteroatoms. The fourth-order valence-corrected chi connectivity index (χ4v) is 2.53. The first kappa shape index (κ1) is 17.6. The Morgan fingerprint density at radius 2 is 1.73 bits per heavy atom. The van der Waals surface area contributed by atoms with Gasteiger partial charge in [0.1, 0.15) is 11.5 Å². The van der Waals surface area contributed by atoms with Gasteiger partial charge >= 0.3 is 0 Å². The Bertz CT molecular complexity index is 932. The number of pyridine rings is 1. The normalized spacial score (nSPS) is 10.0. The quantitative estimate of drug-likeness (QED) is 0.641. The number of hydrogen-bond acceptors (Lipinski definition) is 4. The number of hydrogen-bond donors (Lipinski definition) is 2. The third-order valence-corrected chi connectivity index (χ3v) is 3.86. The summed E-state index contributed by atoms with van der Waals surface area (Å²) in [7, 11) is 0. The summed E-state index contributed by atoms with van der Waals surface area (Å²) < 4.78 is 6.65. The number of hydrazine groups is 1. The first-order valence-corrected chi connectivity index (χ1v) is 8.46. The van der Waals surface area contributed by atoms with Gasteiger partial charge in [-0.25, -0.2) is 0 Å². The summed E-state index contributed by atoms with van der Waals surface area (Å²) in [6, 6.07) is 17.3. The molecule has 1 heterocycles. The highest BCUT2D eigenvalue weighted by atomic mass is 79.9. The van der Waals surface area contributed by atoms with Gasteiger partial charge in [-0.1, -0.05) is 34.1 Å². The maximum Gasteiger partial charge on any atom is 0.273 e. The highest BCUT2D eigenvalue weighted by molar-refractivity contribution is 9.10. The van der Waals surface area contributed by atoms with Crippen molar-refractivity contribution in [3.8, 4) is 11.5 Å². The van der Waals surface area contributed by atoms with Crippen LogP contribution in [-0.2, 0) is 0 Å². The Morgan fingerprint density at radius 1 is 0.923 bits per heavy atom. The molecule has 0 saturated heterocycles. The molecule has 26 heavy (non-hydrogen) atoms. The van der Waals surface area contributed by atoms with Gasteiger partial charge < -0.3 is 4.74 Å². The molecule has 2 aromatic carbocycles. The molecular weight excluding hydrogens is 398 g/mol. The highest BCUT2D eigenvalue weighted by Gasteiger charge is 2.14. The van der Waals surface area contributed by atoms with Crippen molar-refractivity contribution in [2.45, 2.75) is 0 Å². The number of amides is 2. The Labute approximate surface area is 158 Å². The predicted octanol–water partition coefficient (Wildman–Crippen LogP) is 3.71. The molecule has 0 bridgehead atoms. The van der Waals surface area contributed by atoms with Gasteiger partial charge in [-0.3, -0.25) is 25.4 Å². The monoisotopic (exact) mass is 411 g/mol. The van der Waals surface area contributed by atoms with Gasteiger partial charge in [-0.05, 0) is 42.5 Å². The van der Waals surface area contributed by atoms with E-state index < -0.39 is 11.8 Å². The van der Waals surface area contributed by atoms with Crippen LogP contribution in [0.25, 0.3) is 0 Å². The average molecular weight is 412 g/mol. The van der Waals surface area contributed by atoms with Crippen LogP contribution in [0.2, 0.25) is 0 Å². The lowest BCUT2D eigenvalue weighted by Crippen LogP contribution is -2.41. The Kier molecular flexibility index (Phi) is 5.60. The number of halogens is 1. The molecule has 130 valence electrons. The maximum atomic E-state index is 12.4. The van der Waals surface area contributed by atoms with Crippen molar-refractivity contribution < 1.29 is 14.3 Å². The molecule has 0 aliphatic carbocycles. The summed E-state index contributed by atoms with van der Waals surface area (Å²) in [5, 5.41) is 0. The third kappa shape index (κ3) is 4.46. The third-order valence-electron chi connectivity index (χ3n) is 3.37. The van der Waals surface area contributed by atoms with E-state index >= 15 is 0 Å². The van der Waals surface area contributed by atoms with Crippen LogP contribution in [0.3, 0.4) is 0 Å². The molecule has 3 rings (SSSR count). The molecule has 0 atom stereocenters. The van der Waals surface area contributed by atoms with Gasteiger partial charge in [0.15, 0.2) is 0 Å². The van der Waals surface area contributed by atoms with E-state index in [4.69, 9.17) is 4.74 Å². The Morgan fingerprint density at radius 3 is 2.50 bits per heavy atom. The second-order valence-electron chi connectivity index (χ2n) is 5.21. The fraction of sp³-hybridized carbons (Fsp3) is 0. The summed E-state index contributed by atoms with van der Waals surface area (Å²) >= 11 is 3.37. The summed E-state index contributed by atoms with van der Waals surface area (Å²) in [6.45, 7) is 0. The summed E-state index contributed by atoms with van der Waals surface area (Å²) in [4.78, 5) is 28.3. The van der Waals surface area contributed by atoms with E-state index in [1.54, 1.807) is 54.7 Å². The zero-order chi connectivity index (χ0) is 18.4. The van der Waals surface area contributed by atoms with Gasteiger partial charge in [-0.2, -0.15) is 0 Å². The lowest BCUT2D eigenvalue weighted by molar-refractivity contribution is 0.0845. The Balaban J connectivity index is 1.71. The van der Waals surface area contributed by atoms with E-state index in [2.05, 4.69) is 31.8 Å². The van der Waals surface area contributed by atoms with Crippen molar-refractivity contribution in [1.82, 2.24) is 15.8 Å². The van der Waals surface area contributed by atoms with E-state index in [-0.39, 0.29) is 0 Å². The molecular formula is C19H14BrN3O3. The van der Waals surface area contributed by atoms with Crippen molar-refractivity contribution in [3.63, 3.8) is 0 Å². The van der Waals surface area contributed by atoms with Crippen molar-refractivity contribution in [1.29, 1.82) is 0 Å². The number of carbonyl (C=O) groups is 2. The van der Waals surface area contributed by atoms with Gasteiger partial charge in [-0.15, -0.1) is 0 Å². The first-order valence-electron chi connectivity index (χ1n) is 7.66. The molecule has 2 N–H and O–H groups in total. The number of nitrogens with one attached hydrogen (secondary N) is 2. The number of benzene rings is 2. The predicted molar refractivity (Wildman–Crippen MR) is 99.8 cm³/mol. The van der Waals surface area contributed by atoms with Crippen LogP contribution in [0.4, 0.5) is 0 Å². The zero-order valence-electron chi connectivity index (χ0n) is 13.5. The number of aromatic nitrogens is 1. The molecule has 0 unspecified atom stereocenters. The molecule has 0 radical (unpaired) electrons. The van der Waals surface area contributed by atoms with E-state index in [1.807, 2.05) is 12.1 Å². The highest BCUT2D eigenvalue weighted by Crippen LogP contribution is 2.27. The molecule has 6 nitrogen and oxygen atoms in total. The van der Waals surface area contributed by atoms with Crippen molar-refractivity contribution in [3.05, 3.63) is 88.7 Å². The molecule has 3 aromatic rings. The minimum absolute atomic E-state index is 0.291. The maximum absolute atomic E-state index is 12.4. The number of carbonyl (C=O) groups excluding carboxylic acids is 2. The van der Waals surface area contributed by atoms with Crippen molar-refractivity contribution in [2.75, 3.05) is 0 Å². The minimum Gasteiger partial charge on any atom is -0.456 e. The summed E-state index contributed by atoms with van der Waals surface area (Å²) in [5.74, 6) is 0.00224. The zero-order valence-corrected chi connectivity index (χ0v) is 15.1. The number of nitrogens with zero attached hydrogens (tertiary/aromatic N) is 1. The van der Waals surface area contributed by atoms with Crippen molar-refractivity contribution >= 4 is 27.7 Å². The average Bonchev–Trinajstić information content (AvgIpc) is 2.67. The summed E-state index contributed by atoms with van der Waals surface area (Å²) in [6.07, 6.45) is 2.97. The van der Waals surface area contributed by atoms with Crippen molar-refractivity contribution in [2.24, 2.45) is 0 Å². The van der Waals surface area contributed by atoms with Crippen LogP contribution < -0.4 is 15.6 Å². The van der Waals surface area contributed by atoms with Gasteiger partial charge in [0.05, 0.1) is 11.1 Å². The standard InChI is InChI=1S/C19H14BrN3O3/c20-14-6-3-7-15(11-14)26-17-9-2-1-8-16(17)19(25)23-22-18(24)13-5-4-10-21-12-13/h1-12H,(H,22,24)(H,23,25). The number of para-hydroxylation sites is 1. The van der Waals surface area contributed by atoms with Gasteiger partial charge in [0.2, 0.25) is 0 Å². The summed E-state index contributed by atoms with van der Waals surface area (Å²) in [5.41, 5.74) is 5.37. The largest absolute Gasteiger partial charge is 0.456 e. The topological polar surface area (TPSA) is 80.3 Å². The van der Waals surface area contributed by atoms with Crippen LogP contribution in [0.1, 0.15) is 20.7 Å². The lowest BCUT2D eigenvalue weighted by Gasteiger charge is -2.12. The molecule has 1 aromatic heterocycles. The second kappa shape index (κ2) is 8.26. The second-order valence-corrected chi connectivity index (χ2v) is 6.12. The molecule has 0 aliphatic rings. The van der Waals surface area contributed by atoms with Crippen LogP contribution in [0.15, 0.2) is 77.5 Å². The fourth-order valence-electron chi connectivity index (χ4n) is 2.15.